The Kier molecular flexibility index (Phi) is 2.64. The number of aromatic nitrogens is 2. The Morgan fingerprint density at radius 3 is 3.00 bits per heavy atom. The number of carbonyl (C=O) groups is 1. The van der Waals surface area contributed by atoms with Gasteiger partial charge >= 0.3 is 5.97 Å². The number of fused-ring (bicyclic) bond motifs is 1. The zero-order valence-corrected chi connectivity index (χ0v) is 9.34. The van der Waals surface area contributed by atoms with Gasteiger partial charge in [0.25, 0.3) is 0 Å². The van der Waals surface area contributed by atoms with Crippen molar-refractivity contribution in [2.75, 3.05) is 0 Å². The molecule has 1 N–H and O–H groups in total. The molecule has 0 saturated heterocycles. The van der Waals surface area contributed by atoms with Gasteiger partial charge in [-0.2, -0.15) is 5.10 Å². The maximum absolute atomic E-state index is 10.7. The summed E-state index contributed by atoms with van der Waals surface area (Å²) in [6.45, 7) is 3.89. The van der Waals surface area contributed by atoms with Crippen LogP contribution in [0.1, 0.15) is 30.5 Å². The first-order valence-corrected chi connectivity index (χ1v) is 5.24. The van der Waals surface area contributed by atoms with Gasteiger partial charge in [-0.3, -0.25) is 4.79 Å². The fraction of sp³-hybridized carbons (Fsp3) is 0.333. The number of carboxylic acid groups (broad SMARTS) is 1. The van der Waals surface area contributed by atoms with Crippen molar-refractivity contribution in [1.82, 2.24) is 9.61 Å². The summed E-state index contributed by atoms with van der Waals surface area (Å²) in [6.07, 6.45) is 1.89. The third kappa shape index (κ3) is 1.78. The summed E-state index contributed by atoms with van der Waals surface area (Å²) >= 11 is 0. The van der Waals surface area contributed by atoms with Crippen molar-refractivity contribution in [2.45, 2.75) is 26.2 Å². The Morgan fingerprint density at radius 1 is 1.56 bits per heavy atom. The van der Waals surface area contributed by atoms with Crippen molar-refractivity contribution in [2.24, 2.45) is 0 Å². The van der Waals surface area contributed by atoms with Gasteiger partial charge in [0.2, 0.25) is 0 Å². The Morgan fingerprint density at radius 2 is 2.31 bits per heavy atom. The molecule has 0 aliphatic heterocycles. The standard InChI is InChI=1S/C12H14N2O2/c1-8(6-12(15)16)10-7-13-14-9(2)4-3-5-11(10)14/h3-5,7-8H,6H2,1-2H3,(H,15,16). The predicted molar refractivity (Wildman–Crippen MR) is 60.6 cm³/mol. The second-order valence-electron chi connectivity index (χ2n) is 4.06. The molecular formula is C12H14N2O2. The lowest BCUT2D eigenvalue weighted by molar-refractivity contribution is -0.137. The van der Waals surface area contributed by atoms with E-state index in [4.69, 9.17) is 5.11 Å². The minimum Gasteiger partial charge on any atom is -0.481 e. The first-order chi connectivity index (χ1) is 7.59. The molecule has 0 aliphatic rings. The van der Waals surface area contributed by atoms with E-state index >= 15 is 0 Å². The summed E-state index contributed by atoms with van der Waals surface area (Å²) < 4.78 is 1.84. The van der Waals surface area contributed by atoms with E-state index < -0.39 is 5.97 Å². The number of pyridine rings is 1. The number of aliphatic carboxylic acids is 1. The monoisotopic (exact) mass is 218 g/mol. The van der Waals surface area contributed by atoms with Crippen molar-refractivity contribution >= 4 is 11.5 Å². The van der Waals surface area contributed by atoms with Gasteiger partial charge in [0.15, 0.2) is 0 Å². The molecule has 2 aromatic rings. The molecule has 1 atom stereocenters. The van der Waals surface area contributed by atoms with Crippen molar-refractivity contribution in [1.29, 1.82) is 0 Å². The largest absolute Gasteiger partial charge is 0.481 e. The number of carboxylic acids is 1. The molecule has 4 nitrogen and oxygen atoms in total. The fourth-order valence-electron chi connectivity index (χ4n) is 1.92. The van der Waals surface area contributed by atoms with E-state index in [1.165, 1.54) is 0 Å². The minimum absolute atomic E-state index is 0.0169. The van der Waals surface area contributed by atoms with Gasteiger partial charge in [0, 0.05) is 11.3 Å². The first-order valence-electron chi connectivity index (χ1n) is 5.24. The van der Waals surface area contributed by atoms with Crippen molar-refractivity contribution in [3.63, 3.8) is 0 Å². The lowest BCUT2D eigenvalue weighted by atomic mass is 9.99. The maximum atomic E-state index is 10.7. The molecule has 1 unspecified atom stereocenters. The molecule has 0 saturated carbocycles. The van der Waals surface area contributed by atoms with E-state index in [1.807, 2.05) is 36.6 Å². The molecule has 0 spiro atoms. The van der Waals surface area contributed by atoms with Gasteiger partial charge in [0.05, 0.1) is 18.1 Å². The van der Waals surface area contributed by atoms with Crippen LogP contribution in [-0.2, 0) is 4.79 Å². The van der Waals surface area contributed by atoms with Crippen LogP contribution in [0.25, 0.3) is 5.52 Å². The van der Waals surface area contributed by atoms with Crippen LogP contribution in [0.3, 0.4) is 0 Å². The summed E-state index contributed by atoms with van der Waals surface area (Å²) in [6, 6.07) is 5.91. The maximum Gasteiger partial charge on any atom is 0.303 e. The fourth-order valence-corrected chi connectivity index (χ4v) is 1.92. The van der Waals surface area contributed by atoms with Crippen LogP contribution in [0.5, 0.6) is 0 Å². The lowest BCUT2D eigenvalue weighted by Crippen LogP contribution is -2.02. The van der Waals surface area contributed by atoms with Gasteiger partial charge in [0.1, 0.15) is 0 Å². The molecule has 2 heterocycles. The van der Waals surface area contributed by atoms with Crippen molar-refractivity contribution in [3.8, 4) is 0 Å². The van der Waals surface area contributed by atoms with Crippen LogP contribution in [0.2, 0.25) is 0 Å². The highest BCUT2D eigenvalue weighted by Crippen LogP contribution is 2.24. The van der Waals surface area contributed by atoms with Crippen molar-refractivity contribution in [3.05, 3.63) is 35.7 Å². The third-order valence-electron chi connectivity index (χ3n) is 2.77. The summed E-state index contributed by atoms with van der Waals surface area (Å²) in [5.74, 6) is -0.795. The van der Waals surface area contributed by atoms with Crippen LogP contribution in [0.15, 0.2) is 24.4 Å². The summed E-state index contributed by atoms with van der Waals surface area (Å²) in [5, 5.41) is 13.1. The Bertz CT molecular complexity index is 531. The van der Waals surface area contributed by atoms with E-state index in [-0.39, 0.29) is 12.3 Å². The highest BCUT2D eigenvalue weighted by Gasteiger charge is 2.15. The number of rotatable bonds is 3. The van der Waals surface area contributed by atoms with Crippen LogP contribution in [0, 0.1) is 6.92 Å². The quantitative estimate of drug-likeness (QED) is 0.859. The van der Waals surface area contributed by atoms with Crippen LogP contribution >= 0.6 is 0 Å². The molecule has 0 aliphatic carbocycles. The zero-order chi connectivity index (χ0) is 11.7. The third-order valence-corrected chi connectivity index (χ3v) is 2.77. The molecular weight excluding hydrogens is 204 g/mol. The zero-order valence-electron chi connectivity index (χ0n) is 9.34. The molecule has 2 rings (SSSR count). The number of hydrogen-bond donors (Lipinski definition) is 1. The highest BCUT2D eigenvalue weighted by molar-refractivity contribution is 5.69. The van der Waals surface area contributed by atoms with Crippen LogP contribution < -0.4 is 0 Å². The van der Waals surface area contributed by atoms with E-state index in [9.17, 15) is 4.79 Å². The number of aryl methyl sites for hydroxylation is 1. The van der Waals surface area contributed by atoms with Crippen LogP contribution in [0.4, 0.5) is 0 Å². The van der Waals surface area contributed by atoms with E-state index in [0.717, 1.165) is 16.8 Å². The first kappa shape index (κ1) is 10.7. The van der Waals surface area contributed by atoms with Crippen LogP contribution in [-0.4, -0.2) is 20.7 Å². The van der Waals surface area contributed by atoms with Gasteiger partial charge in [-0.05, 0) is 25.0 Å². The molecule has 0 aromatic carbocycles. The smallest absolute Gasteiger partial charge is 0.303 e. The average Bonchev–Trinajstić information content (AvgIpc) is 2.61. The normalized spacial score (nSPS) is 12.9. The molecule has 2 aromatic heterocycles. The SMILES string of the molecule is Cc1cccc2c(C(C)CC(=O)O)cnn12. The topological polar surface area (TPSA) is 54.6 Å². The second-order valence-corrected chi connectivity index (χ2v) is 4.06. The summed E-state index contributed by atoms with van der Waals surface area (Å²) in [7, 11) is 0. The average molecular weight is 218 g/mol. The lowest BCUT2D eigenvalue weighted by Gasteiger charge is -2.07. The Balaban J connectivity index is 2.46. The summed E-state index contributed by atoms with van der Waals surface area (Å²) in [5.41, 5.74) is 3.03. The van der Waals surface area contributed by atoms with E-state index in [1.54, 1.807) is 6.20 Å². The van der Waals surface area contributed by atoms with E-state index in [2.05, 4.69) is 5.10 Å². The number of hydrogen-bond acceptors (Lipinski definition) is 2. The summed E-state index contributed by atoms with van der Waals surface area (Å²) in [4.78, 5) is 10.7. The van der Waals surface area contributed by atoms with Crippen molar-refractivity contribution < 1.29 is 9.90 Å². The minimum atomic E-state index is -0.778. The van der Waals surface area contributed by atoms with E-state index in [0.29, 0.717) is 0 Å². The molecule has 0 fully saturated rings. The molecule has 0 amide bonds. The molecule has 0 radical (unpaired) electrons. The number of nitrogens with zero attached hydrogens (tertiary/aromatic N) is 2. The molecule has 84 valence electrons. The Labute approximate surface area is 93.5 Å². The van der Waals surface area contributed by atoms with Gasteiger partial charge < -0.3 is 5.11 Å². The van der Waals surface area contributed by atoms with Gasteiger partial charge in [-0.25, -0.2) is 4.52 Å². The van der Waals surface area contributed by atoms with Gasteiger partial charge in [-0.1, -0.05) is 13.0 Å². The molecule has 4 heteroatoms. The Hall–Kier alpha value is -1.84. The van der Waals surface area contributed by atoms with Gasteiger partial charge in [-0.15, -0.1) is 0 Å². The molecule has 0 bridgehead atoms. The predicted octanol–water partition coefficient (Wildman–Crippen LogP) is 2.22. The highest BCUT2D eigenvalue weighted by atomic mass is 16.4. The molecule has 16 heavy (non-hydrogen) atoms. The second kappa shape index (κ2) is 3.96.